The lowest BCUT2D eigenvalue weighted by molar-refractivity contribution is -0.124. The van der Waals surface area contributed by atoms with Gasteiger partial charge in [-0.2, -0.15) is 5.10 Å². The molecule has 1 aromatic rings. The first-order valence-corrected chi connectivity index (χ1v) is 7.73. The zero-order valence-electron chi connectivity index (χ0n) is 13.6. The molecule has 1 saturated heterocycles. The summed E-state index contributed by atoms with van der Waals surface area (Å²) < 4.78 is 1.71. The van der Waals surface area contributed by atoms with Crippen LogP contribution in [0.1, 0.15) is 25.7 Å². The van der Waals surface area contributed by atoms with Crippen LogP contribution in [-0.2, 0) is 16.6 Å². The maximum Gasteiger partial charge on any atom is 0.244 e. The smallest absolute Gasteiger partial charge is 0.244 e. The Morgan fingerprint density at radius 3 is 2.95 bits per heavy atom. The van der Waals surface area contributed by atoms with Crippen molar-refractivity contribution in [2.75, 3.05) is 32.1 Å². The number of anilines is 1. The van der Waals surface area contributed by atoms with Crippen molar-refractivity contribution in [2.24, 2.45) is 7.05 Å². The fourth-order valence-electron chi connectivity index (χ4n) is 2.84. The zero-order valence-corrected chi connectivity index (χ0v) is 13.6. The molecule has 0 radical (unpaired) electrons. The number of hydrogen-bond acceptors (Lipinski definition) is 4. The molecule has 0 spiro atoms. The molecule has 0 saturated carbocycles. The predicted molar refractivity (Wildman–Crippen MR) is 84.5 cm³/mol. The van der Waals surface area contributed by atoms with Crippen molar-refractivity contribution >= 4 is 17.5 Å². The van der Waals surface area contributed by atoms with E-state index >= 15 is 0 Å². The number of amides is 2. The summed E-state index contributed by atoms with van der Waals surface area (Å²) in [5, 5.41) is 6.76. The van der Waals surface area contributed by atoms with Crippen molar-refractivity contribution in [2.45, 2.75) is 31.7 Å². The van der Waals surface area contributed by atoms with Crippen LogP contribution in [0.25, 0.3) is 0 Å². The van der Waals surface area contributed by atoms with Gasteiger partial charge in [-0.05, 0) is 32.9 Å². The molecule has 1 aliphatic rings. The number of aromatic nitrogens is 2. The van der Waals surface area contributed by atoms with Gasteiger partial charge in [-0.25, -0.2) is 0 Å². The fraction of sp³-hybridized carbons (Fsp3) is 0.667. The van der Waals surface area contributed by atoms with Crippen LogP contribution in [0.3, 0.4) is 0 Å². The molecule has 1 aromatic heterocycles. The highest BCUT2D eigenvalue weighted by Crippen LogP contribution is 2.22. The van der Waals surface area contributed by atoms with E-state index in [4.69, 9.17) is 0 Å². The summed E-state index contributed by atoms with van der Waals surface area (Å²) in [5.74, 6) is 0.169. The Labute approximate surface area is 131 Å². The topological polar surface area (TPSA) is 70.5 Å². The van der Waals surface area contributed by atoms with Gasteiger partial charge in [-0.3, -0.25) is 19.2 Å². The van der Waals surface area contributed by atoms with Crippen molar-refractivity contribution in [1.29, 1.82) is 0 Å². The Kier molecular flexibility index (Phi) is 5.54. The summed E-state index contributed by atoms with van der Waals surface area (Å²) in [6.07, 6.45) is 6.69. The van der Waals surface area contributed by atoms with E-state index in [0.29, 0.717) is 6.42 Å². The van der Waals surface area contributed by atoms with Crippen molar-refractivity contribution in [3.63, 3.8) is 0 Å². The Bertz CT molecular complexity index is 528. The minimum Gasteiger partial charge on any atom is -0.359 e. The summed E-state index contributed by atoms with van der Waals surface area (Å²) in [6.45, 7) is 1.48. The number of nitrogens with one attached hydrogen (secondary N) is 1. The number of carbonyl (C=O) groups excluding carboxylic acids is 2. The third kappa shape index (κ3) is 3.85. The van der Waals surface area contributed by atoms with Gasteiger partial charge in [-0.1, -0.05) is 0 Å². The number of nitrogens with zero attached hydrogens (tertiary/aromatic N) is 4. The molecular weight excluding hydrogens is 282 g/mol. The van der Waals surface area contributed by atoms with E-state index in [1.807, 2.05) is 25.2 Å². The van der Waals surface area contributed by atoms with E-state index in [9.17, 15) is 9.59 Å². The van der Waals surface area contributed by atoms with Gasteiger partial charge in [0.2, 0.25) is 11.8 Å². The van der Waals surface area contributed by atoms with Gasteiger partial charge in [0, 0.05) is 33.3 Å². The van der Waals surface area contributed by atoms with Gasteiger partial charge in [0.1, 0.15) is 0 Å². The highest BCUT2D eigenvalue weighted by Gasteiger charge is 2.32. The number of carbonyl (C=O) groups is 2. The average Bonchev–Trinajstić information content (AvgIpc) is 2.93. The molecule has 1 aliphatic heterocycles. The second kappa shape index (κ2) is 7.40. The van der Waals surface area contributed by atoms with Gasteiger partial charge in [0.25, 0.3) is 0 Å². The molecule has 0 aromatic carbocycles. The number of hydrogen-bond donors (Lipinski definition) is 1. The van der Waals surface area contributed by atoms with Crippen LogP contribution >= 0.6 is 0 Å². The maximum atomic E-state index is 12.7. The lowest BCUT2D eigenvalue weighted by Crippen LogP contribution is -2.51. The first-order chi connectivity index (χ1) is 10.5. The molecule has 0 bridgehead atoms. The van der Waals surface area contributed by atoms with E-state index in [1.165, 1.54) is 0 Å². The van der Waals surface area contributed by atoms with Crippen molar-refractivity contribution in [3.8, 4) is 0 Å². The monoisotopic (exact) mass is 307 g/mol. The van der Waals surface area contributed by atoms with Crippen LogP contribution in [0.4, 0.5) is 5.69 Å². The molecule has 7 heteroatoms. The van der Waals surface area contributed by atoms with Gasteiger partial charge in [0.05, 0.1) is 17.9 Å². The third-order valence-corrected chi connectivity index (χ3v) is 4.14. The molecule has 122 valence electrons. The molecule has 22 heavy (non-hydrogen) atoms. The lowest BCUT2D eigenvalue weighted by Gasteiger charge is -2.36. The third-order valence-electron chi connectivity index (χ3n) is 4.14. The van der Waals surface area contributed by atoms with Crippen molar-refractivity contribution in [1.82, 2.24) is 20.0 Å². The lowest BCUT2D eigenvalue weighted by atomic mass is 10.0. The van der Waals surface area contributed by atoms with E-state index in [-0.39, 0.29) is 17.9 Å². The SMILES string of the molecule is CNC(=O)CCCN(C)C1CCCN(c2cnn(C)c2)C1=O. The minimum absolute atomic E-state index is 0.0420. The minimum atomic E-state index is -0.112. The van der Waals surface area contributed by atoms with Crippen LogP contribution in [0, 0.1) is 0 Å². The molecule has 1 N–H and O–H groups in total. The van der Waals surface area contributed by atoms with Gasteiger partial charge < -0.3 is 10.2 Å². The summed E-state index contributed by atoms with van der Waals surface area (Å²) in [7, 11) is 5.45. The van der Waals surface area contributed by atoms with Gasteiger partial charge >= 0.3 is 0 Å². The molecule has 2 heterocycles. The Morgan fingerprint density at radius 1 is 1.55 bits per heavy atom. The normalized spacial score (nSPS) is 18.8. The molecule has 2 rings (SSSR count). The number of piperidine rings is 1. The summed E-state index contributed by atoms with van der Waals surface area (Å²) >= 11 is 0. The molecule has 1 unspecified atom stereocenters. The second-order valence-electron chi connectivity index (χ2n) is 5.78. The molecule has 1 atom stereocenters. The summed E-state index contributed by atoms with van der Waals surface area (Å²) in [5.41, 5.74) is 0.857. The van der Waals surface area contributed by atoms with Crippen LogP contribution in [0.15, 0.2) is 12.4 Å². The van der Waals surface area contributed by atoms with E-state index < -0.39 is 0 Å². The number of rotatable bonds is 6. The summed E-state index contributed by atoms with van der Waals surface area (Å²) in [6, 6.07) is -0.112. The average molecular weight is 307 g/mol. The standard InChI is InChI=1S/C15H25N5O2/c1-16-14(21)7-5-8-18(2)13-6-4-9-20(15(13)22)12-10-17-19(3)11-12/h10-11,13H,4-9H2,1-3H3,(H,16,21). The highest BCUT2D eigenvalue weighted by atomic mass is 16.2. The first kappa shape index (κ1) is 16.5. The molecule has 0 aliphatic carbocycles. The van der Waals surface area contributed by atoms with Crippen LogP contribution in [0.2, 0.25) is 0 Å². The zero-order chi connectivity index (χ0) is 16.1. The highest BCUT2D eigenvalue weighted by molar-refractivity contribution is 5.97. The molecule has 2 amide bonds. The van der Waals surface area contributed by atoms with Crippen LogP contribution < -0.4 is 10.2 Å². The Hall–Kier alpha value is -1.89. The van der Waals surface area contributed by atoms with E-state index in [2.05, 4.69) is 15.3 Å². The largest absolute Gasteiger partial charge is 0.359 e. The van der Waals surface area contributed by atoms with Gasteiger partial charge in [0.15, 0.2) is 0 Å². The Morgan fingerprint density at radius 2 is 2.32 bits per heavy atom. The summed E-state index contributed by atoms with van der Waals surface area (Å²) in [4.78, 5) is 27.8. The van der Waals surface area contributed by atoms with E-state index in [1.54, 1.807) is 17.9 Å². The number of aryl methyl sites for hydroxylation is 1. The first-order valence-electron chi connectivity index (χ1n) is 7.73. The van der Waals surface area contributed by atoms with Crippen molar-refractivity contribution < 1.29 is 9.59 Å². The quantitative estimate of drug-likeness (QED) is 0.824. The number of likely N-dealkylation sites (N-methyl/N-ethyl adjacent to an activating group) is 1. The molecule has 7 nitrogen and oxygen atoms in total. The van der Waals surface area contributed by atoms with Crippen molar-refractivity contribution in [3.05, 3.63) is 12.4 Å². The van der Waals surface area contributed by atoms with E-state index in [0.717, 1.165) is 38.0 Å². The molecular formula is C15H25N5O2. The van der Waals surface area contributed by atoms with Crippen LogP contribution in [0.5, 0.6) is 0 Å². The van der Waals surface area contributed by atoms with Gasteiger partial charge in [-0.15, -0.1) is 0 Å². The van der Waals surface area contributed by atoms with Crippen LogP contribution in [-0.4, -0.2) is 59.7 Å². The molecule has 1 fully saturated rings. The predicted octanol–water partition coefficient (Wildman–Crippen LogP) is 0.373. The maximum absolute atomic E-state index is 12.7. The second-order valence-corrected chi connectivity index (χ2v) is 5.78. The Balaban J connectivity index is 1.93. The fourth-order valence-corrected chi connectivity index (χ4v) is 2.84.